The van der Waals surface area contributed by atoms with E-state index >= 15 is 0 Å². The zero-order valence-corrected chi connectivity index (χ0v) is 10.6. The Kier molecular flexibility index (Phi) is 3.47. The highest BCUT2D eigenvalue weighted by molar-refractivity contribution is 5.93. The molecule has 0 spiro atoms. The summed E-state index contributed by atoms with van der Waals surface area (Å²) in [5.41, 5.74) is 1.23. The van der Waals surface area contributed by atoms with Crippen LogP contribution in [0.1, 0.15) is 12.8 Å². The Bertz CT molecular complexity index is 512. The van der Waals surface area contributed by atoms with Crippen LogP contribution in [0.2, 0.25) is 0 Å². The summed E-state index contributed by atoms with van der Waals surface area (Å²) in [4.78, 5) is 0. The van der Waals surface area contributed by atoms with Gasteiger partial charge >= 0.3 is 0 Å². The molecule has 0 bridgehead atoms. The summed E-state index contributed by atoms with van der Waals surface area (Å²) < 4.78 is 5.52. The van der Waals surface area contributed by atoms with E-state index in [0.717, 1.165) is 19.8 Å². The van der Waals surface area contributed by atoms with Crippen molar-refractivity contribution in [2.75, 3.05) is 25.1 Å². The summed E-state index contributed by atoms with van der Waals surface area (Å²) in [6, 6.07) is 14.9. The molecule has 1 aliphatic heterocycles. The highest BCUT2D eigenvalue weighted by Crippen LogP contribution is 2.24. The normalized spacial score (nSPS) is 19.9. The fraction of sp³-hybridized carbons (Fsp3) is 0.375. The Morgan fingerprint density at radius 1 is 1.11 bits per heavy atom. The van der Waals surface area contributed by atoms with Crippen LogP contribution in [0.5, 0.6) is 0 Å². The summed E-state index contributed by atoms with van der Waals surface area (Å²) in [6.45, 7) is 2.84. The Labute approximate surface area is 108 Å². The first-order chi connectivity index (χ1) is 8.93. The van der Waals surface area contributed by atoms with Crippen molar-refractivity contribution in [1.82, 2.24) is 0 Å². The molecule has 0 aliphatic carbocycles. The molecule has 2 nitrogen and oxygen atoms in total. The van der Waals surface area contributed by atoms with Gasteiger partial charge in [-0.1, -0.05) is 36.4 Å². The first kappa shape index (κ1) is 11.5. The SMILES string of the molecule is c1ccc2c(NCC3CCCOC3)cccc2c1. The third-order valence-corrected chi connectivity index (χ3v) is 3.63. The molecule has 0 amide bonds. The molecule has 1 saturated heterocycles. The highest BCUT2D eigenvalue weighted by Gasteiger charge is 2.13. The van der Waals surface area contributed by atoms with E-state index in [0.29, 0.717) is 5.92 Å². The molecule has 1 atom stereocenters. The van der Waals surface area contributed by atoms with Crippen LogP contribution in [0.3, 0.4) is 0 Å². The van der Waals surface area contributed by atoms with Crippen molar-refractivity contribution in [2.45, 2.75) is 12.8 Å². The average Bonchev–Trinajstić information content (AvgIpc) is 2.46. The third-order valence-electron chi connectivity index (χ3n) is 3.63. The zero-order chi connectivity index (χ0) is 12.2. The molecule has 0 aromatic heterocycles. The lowest BCUT2D eigenvalue weighted by molar-refractivity contribution is 0.0595. The number of benzene rings is 2. The first-order valence-corrected chi connectivity index (χ1v) is 6.73. The van der Waals surface area contributed by atoms with Gasteiger partial charge in [0.15, 0.2) is 0 Å². The van der Waals surface area contributed by atoms with Gasteiger partial charge in [0.05, 0.1) is 6.61 Å². The molecule has 1 heterocycles. The van der Waals surface area contributed by atoms with Crippen LogP contribution in [-0.4, -0.2) is 19.8 Å². The summed E-state index contributed by atoms with van der Waals surface area (Å²) in [5, 5.41) is 6.17. The minimum Gasteiger partial charge on any atom is -0.384 e. The van der Waals surface area contributed by atoms with Crippen molar-refractivity contribution < 1.29 is 4.74 Å². The van der Waals surface area contributed by atoms with Gasteiger partial charge in [-0.25, -0.2) is 0 Å². The van der Waals surface area contributed by atoms with Gasteiger partial charge in [0.2, 0.25) is 0 Å². The molecule has 1 unspecified atom stereocenters. The second kappa shape index (κ2) is 5.40. The van der Waals surface area contributed by atoms with Crippen molar-refractivity contribution >= 4 is 16.5 Å². The zero-order valence-electron chi connectivity index (χ0n) is 10.6. The van der Waals surface area contributed by atoms with Gasteiger partial charge in [-0.15, -0.1) is 0 Å². The lowest BCUT2D eigenvalue weighted by Gasteiger charge is -2.23. The van der Waals surface area contributed by atoms with Gasteiger partial charge in [-0.3, -0.25) is 0 Å². The van der Waals surface area contributed by atoms with Crippen molar-refractivity contribution in [3.8, 4) is 0 Å². The molecule has 0 saturated carbocycles. The molecule has 0 radical (unpaired) electrons. The Balaban J connectivity index is 1.74. The smallest absolute Gasteiger partial charge is 0.0511 e. The Morgan fingerprint density at radius 3 is 2.89 bits per heavy atom. The maximum atomic E-state index is 5.52. The topological polar surface area (TPSA) is 21.3 Å². The van der Waals surface area contributed by atoms with Crippen LogP contribution in [0.4, 0.5) is 5.69 Å². The van der Waals surface area contributed by atoms with Gasteiger partial charge in [0, 0.05) is 24.2 Å². The van der Waals surface area contributed by atoms with Crippen LogP contribution in [0, 0.1) is 5.92 Å². The minimum atomic E-state index is 0.651. The molecule has 2 heteroatoms. The number of fused-ring (bicyclic) bond motifs is 1. The van der Waals surface area contributed by atoms with E-state index in [4.69, 9.17) is 4.74 Å². The van der Waals surface area contributed by atoms with E-state index in [1.54, 1.807) is 0 Å². The molecule has 94 valence electrons. The molecule has 18 heavy (non-hydrogen) atoms. The fourth-order valence-electron chi connectivity index (χ4n) is 2.60. The molecule has 1 aliphatic rings. The Hall–Kier alpha value is -1.54. The van der Waals surface area contributed by atoms with Crippen molar-refractivity contribution in [3.05, 3.63) is 42.5 Å². The van der Waals surface area contributed by atoms with Gasteiger partial charge in [-0.05, 0) is 30.2 Å². The van der Waals surface area contributed by atoms with E-state index in [2.05, 4.69) is 47.8 Å². The molecular formula is C16H19NO. The largest absolute Gasteiger partial charge is 0.384 e. The predicted molar refractivity (Wildman–Crippen MR) is 76.0 cm³/mol. The number of hydrogen-bond donors (Lipinski definition) is 1. The number of hydrogen-bond acceptors (Lipinski definition) is 2. The lowest BCUT2D eigenvalue weighted by Crippen LogP contribution is -2.24. The third kappa shape index (κ3) is 2.49. The molecule has 3 rings (SSSR count). The standard InChI is InChI=1S/C16H19NO/c1-2-8-15-14(6-1)7-3-9-16(15)17-11-13-5-4-10-18-12-13/h1-3,6-9,13,17H,4-5,10-12H2. The maximum Gasteiger partial charge on any atom is 0.0511 e. The maximum absolute atomic E-state index is 5.52. The van der Waals surface area contributed by atoms with Crippen LogP contribution >= 0.6 is 0 Å². The van der Waals surface area contributed by atoms with E-state index < -0.39 is 0 Å². The van der Waals surface area contributed by atoms with Crippen molar-refractivity contribution in [3.63, 3.8) is 0 Å². The molecule has 1 fully saturated rings. The quantitative estimate of drug-likeness (QED) is 0.885. The molecular weight excluding hydrogens is 222 g/mol. The van der Waals surface area contributed by atoms with E-state index in [1.165, 1.54) is 29.3 Å². The van der Waals surface area contributed by atoms with Crippen molar-refractivity contribution in [2.24, 2.45) is 5.92 Å². The number of anilines is 1. The average molecular weight is 241 g/mol. The minimum absolute atomic E-state index is 0.651. The first-order valence-electron chi connectivity index (χ1n) is 6.73. The molecule has 1 N–H and O–H groups in total. The van der Waals surface area contributed by atoms with Gasteiger partial charge < -0.3 is 10.1 Å². The monoisotopic (exact) mass is 241 g/mol. The Morgan fingerprint density at radius 2 is 2.00 bits per heavy atom. The summed E-state index contributed by atoms with van der Waals surface area (Å²) in [5.74, 6) is 0.651. The number of rotatable bonds is 3. The summed E-state index contributed by atoms with van der Waals surface area (Å²) >= 11 is 0. The number of nitrogens with one attached hydrogen (secondary N) is 1. The van der Waals surface area contributed by atoms with Gasteiger partial charge in [-0.2, -0.15) is 0 Å². The van der Waals surface area contributed by atoms with E-state index in [1.807, 2.05) is 0 Å². The predicted octanol–water partition coefficient (Wildman–Crippen LogP) is 3.68. The van der Waals surface area contributed by atoms with Crippen LogP contribution in [0.25, 0.3) is 10.8 Å². The fourth-order valence-corrected chi connectivity index (χ4v) is 2.60. The van der Waals surface area contributed by atoms with Crippen LogP contribution in [-0.2, 0) is 4.74 Å². The van der Waals surface area contributed by atoms with Crippen LogP contribution < -0.4 is 5.32 Å². The van der Waals surface area contributed by atoms with Gasteiger partial charge in [0.1, 0.15) is 0 Å². The second-order valence-corrected chi connectivity index (χ2v) is 4.99. The van der Waals surface area contributed by atoms with E-state index in [9.17, 15) is 0 Å². The van der Waals surface area contributed by atoms with Crippen molar-refractivity contribution in [1.29, 1.82) is 0 Å². The van der Waals surface area contributed by atoms with E-state index in [-0.39, 0.29) is 0 Å². The lowest BCUT2D eigenvalue weighted by atomic mass is 10.0. The summed E-state index contributed by atoms with van der Waals surface area (Å²) in [7, 11) is 0. The molecule has 2 aromatic carbocycles. The highest BCUT2D eigenvalue weighted by atomic mass is 16.5. The number of ether oxygens (including phenoxy) is 1. The van der Waals surface area contributed by atoms with Gasteiger partial charge in [0.25, 0.3) is 0 Å². The molecule has 2 aromatic rings. The summed E-state index contributed by atoms with van der Waals surface area (Å²) in [6.07, 6.45) is 2.47. The van der Waals surface area contributed by atoms with Crippen LogP contribution in [0.15, 0.2) is 42.5 Å². The second-order valence-electron chi connectivity index (χ2n) is 4.99.